The van der Waals surface area contributed by atoms with Gasteiger partial charge in [0.15, 0.2) is 0 Å². The number of hydrogen-bond donors (Lipinski definition) is 1. The van der Waals surface area contributed by atoms with Gasteiger partial charge in [-0.15, -0.1) is 0 Å². The summed E-state index contributed by atoms with van der Waals surface area (Å²) in [7, 11) is 4.06. The normalized spacial score (nSPS) is 17.9. The predicted octanol–water partition coefficient (Wildman–Crippen LogP) is 0.875. The first kappa shape index (κ1) is 10.2. The van der Waals surface area contributed by atoms with Crippen LogP contribution in [-0.2, 0) is 0 Å². The van der Waals surface area contributed by atoms with Gasteiger partial charge in [0.2, 0.25) is 0 Å². The molecule has 4 nitrogen and oxygen atoms in total. The molecule has 1 aromatic heterocycles. The molecule has 2 heterocycles. The number of pyridine rings is 1. The van der Waals surface area contributed by atoms with E-state index < -0.39 is 0 Å². The van der Waals surface area contributed by atoms with Gasteiger partial charge in [-0.3, -0.25) is 0 Å². The Morgan fingerprint density at radius 1 is 1.20 bits per heavy atom. The lowest BCUT2D eigenvalue weighted by Gasteiger charge is -2.33. The molecule has 1 aromatic rings. The maximum atomic E-state index is 4.54. The molecule has 1 N–H and O–H groups in total. The van der Waals surface area contributed by atoms with Crippen LogP contribution in [-0.4, -0.2) is 50.2 Å². The number of piperazine rings is 1. The maximum absolute atomic E-state index is 4.54. The minimum absolute atomic E-state index is 0.937. The number of nitrogens with one attached hydrogen (secondary N) is 1. The molecule has 0 bridgehead atoms. The van der Waals surface area contributed by atoms with Gasteiger partial charge in [-0.25, -0.2) is 4.98 Å². The van der Waals surface area contributed by atoms with Crippen LogP contribution < -0.4 is 10.2 Å². The number of likely N-dealkylation sites (N-methyl/N-ethyl adjacent to an activating group) is 1. The van der Waals surface area contributed by atoms with E-state index in [1.54, 1.807) is 0 Å². The quantitative estimate of drug-likeness (QED) is 0.778. The summed E-state index contributed by atoms with van der Waals surface area (Å²) < 4.78 is 0. The number of aromatic nitrogens is 1. The minimum atomic E-state index is 0.937. The molecule has 15 heavy (non-hydrogen) atoms. The summed E-state index contributed by atoms with van der Waals surface area (Å²) in [6.07, 6.45) is 0. The summed E-state index contributed by atoms with van der Waals surface area (Å²) in [5.74, 6) is 2.02. The Hall–Kier alpha value is -1.29. The molecule has 1 saturated heterocycles. The third-order valence-corrected chi connectivity index (χ3v) is 2.82. The zero-order valence-electron chi connectivity index (χ0n) is 9.40. The second-order valence-electron chi connectivity index (χ2n) is 3.92. The van der Waals surface area contributed by atoms with Gasteiger partial charge in [-0.2, -0.15) is 0 Å². The molecule has 1 aliphatic heterocycles. The Morgan fingerprint density at radius 3 is 2.60 bits per heavy atom. The number of anilines is 2. The van der Waals surface area contributed by atoms with Crippen LogP contribution in [0.1, 0.15) is 0 Å². The number of rotatable bonds is 2. The van der Waals surface area contributed by atoms with E-state index in [2.05, 4.69) is 33.2 Å². The average Bonchev–Trinajstić information content (AvgIpc) is 2.30. The van der Waals surface area contributed by atoms with Crippen molar-refractivity contribution < 1.29 is 0 Å². The number of hydrogen-bond acceptors (Lipinski definition) is 4. The molecule has 0 aliphatic carbocycles. The molecule has 1 aliphatic rings. The van der Waals surface area contributed by atoms with E-state index in [0.717, 1.165) is 37.8 Å². The third kappa shape index (κ3) is 2.39. The molecule has 0 unspecified atom stereocenters. The third-order valence-electron chi connectivity index (χ3n) is 2.82. The Bertz CT molecular complexity index is 318. The second-order valence-corrected chi connectivity index (χ2v) is 3.92. The average molecular weight is 206 g/mol. The van der Waals surface area contributed by atoms with Crippen molar-refractivity contribution in [1.29, 1.82) is 0 Å². The van der Waals surface area contributed by atoms with E-state index in [4.69, 9.17) is 0 Å². The molecule has 4 heteroatoms. The highest BCUT2D eigenvalue weighted by molar-refractivity contribution is 5.47. The first-order valence-corrected chi connectivity index (χ1v) is 5.38. The molecule has 2 rings (SSSR count). The molecule has 0 atom stereocenters. The molecular weight excluding hydrogens is 188 g/mol. The Labute approximate surface area is 90.9 Å². The van der Waals surface area contributed by atoms with Gasteiger partial charge >= 0.3 is 0 Å². The zero-order chi connectivity index (χ0) is 10.7. The Morgan fingerprint density at radius 2 is 1.93 bits per heavy atom. The Kier molecular flexibility index (Phi) is 3.06. The van der Waals surface area contributed by atoms with Crippen molar-refractivity contribution in [3.8, 4) is 0 Å². The fourth-order valence-electron chi connectivity index (χ4n) is 1.77. The van der Waals surface area contributed by atoms with Gasteiger partial charge in [0, 0.05) is 33.2 Å². The van der Waals surface area contributed by atoms with Gasteiger partial charge in [-0.05, 0) is 19.2 Å². The highest BCUT2D eigenvalue weighted by atomic mass is 15.3. The van der Waals surface area contributed by atoms with Crippen LogP contribution in [0.3, 0.4) is 0 Å². The highest BCUT2D eigenvalue weighted by Crippen LogP contribution is 2.15. The van der Waals surface area contributed by atoms with E-state index in [9.17, 15) is 0 Å². The van der Waals surface area contributed by atoms with Crippen molar-refractivity contribution in [2.75, 3.05) is 50.5 Å². The fourth-order valence-corrected chi connectivity index (χ4v) is 1.77. The molecule has 0 saturated carbocycles. The van der Waals surface area contributed by atoms with E-state index in [1.807, 2.05) is 19.2 Å². The summed E-state index contributed by atoms with van der Waals surface area (Å²) >= 11 is 0. The molecule has 1 fully saturated rings. The molecule has 0 amide bonds. The van der Waals surface area contributed by atoms with Crippen molar-refractivity contribution in [3.05, 3.63) is 18.2 Å². The van der Waals surface area contributed by atoms with E-state index in [1.165, 1.54) is 0 Å². The standard InChI is InChI=1S/C11H18N4/c1-12-10-4-3-5-11(13-10)15-8-6-14(2)7-9-15/h3-5H,6-9H2,1-2H3,(H,12,13). The summed E-state index contributed by atoms with van der Waals surface area (Å²) in [6.45, 7) is 4.37. The molecule has 0 spiro atoms. The van der Waals surface area contributed by atoms with Crippen LogP contribution in [0.5, 0.6) is 0 Å². The summed E-state index contributed by atoms with van der Waals surface area (Å²) in [5, 5.41) is 3.07. The Balaban J connectivity index is 2.08. The van der Waals surface area contributed by atoms with Gasteiger partial charge in [-0.1, -0.05) is 6.07 Å². The van der Waals surface area contributed by atoms with E-state index >= 15 is 0 Å². The van der Waals surface area contributed by atoms with Gasteiger partial charge in [0.05, 0.1) is 0 Å². The zero-order valence-corrected chi connectivity index (χ0v) is 9.40. The van der Waals surface area contributed by atoms with Crippen LogP contribution in [0.15, 0.2) is 18.2 Å². The molecule has 0 aromatic carbocycles. The molecule has 82 valence electrons. The first-order chi connectivity index (χ1) is 7.29. The lowest BCUT2D eigenvalue weighted by Crippen LogP contribution is -2.44. The van der Waals surface area contributed by atoms with Crippen molar-refractivity contribution >= 4 is 11.6 Å². The highest BCUT2D eigenvalue weighted by Gasteiger charge is 2.14. The SMILES string of the molecule is CNc1cccc(N2CCN(C)CC2)n1. The number of nitrogens with zero attached hydrogens (tertiary/aromatic N) is 3. The smallest absolute Gasteiger partial charge is 0.131 e. The van der Waals surface area contributed by atoms with Crippen molar-refractivity contribution in [1.82, 2.24) is 9.88 Å². The maximum Gasteiger partial charge on any atom is 0.131 e. The monoisotopic (exact) mass is 206 g/mol. The topological polar surface area (TPSA) is 31.4 Å². The molecular formula is C11H18N4. The minimum Gasteiger partial charge on any atom is -0.373 e. The summed E-state index contributed by atoms with van der Waals surface area (Å²) in [4.78, 5) is 9.22. The van der Waals surface area contributed by atoms with Gasteiger partial charge in [0.1, 0.15) is 11.6 Å². The van der Waals surface area contributed by atoms with E-state index in [-0.39, 0.29) is 0 Å². The van der Waals surface area contributed by atoms with Crippen LogP contribution >= 0.6 is 0 Å². The van der Waals surface area contributed by atoms with Crippen molar-refractivity contribution in [2.45, 2.75) is 0 Å². The van der Waals surface area contributed by atoms with Crippen molar-refractivity contribution in [2.24, 2.45) is 0 Å². The lowest BCUT2D eigenvalue weighted by molar-refractivity contribution is 0.312. The fraction of sp³-hybridized carbons (Fsp3) is 0.545. The second kappa shape index (κ2) is 4.49. The van der Waals surface area contributed by atoms with Gasteiger partial charge < -0.3 is 15.1 Å². The molecule has 0 radical (unpaired) electrons. The first-order valence-electron chi connectivity index (χ1n) is 5.38. The van der Waals surface area contributed by atoms with E-state index in [0.29, 0.717) is 0 Å². The summed E-state index contributed by atoms with van der Waals surface area (Å²) in [5.41, 5.74) is 0. The van der Waals surface area contributed by atoms with Gasteiger partial charge in [0.25, 0.3) is 0 Å². The van der Waals surface area contributed by atoms with Crippen LogP contribution in [0.25, 0.3) is 0 Å². The van der Waals surface area contributed by atoms with Crippen molar-refractivity contribution in [3.63, 3.8) is 0 Å². The predicted molar refractivity (Wildman–Crippen MR) is 63.5 cm³/mol. The lowest BCUT2D eigenvalue weighted by atomic mass is 10.3. The summed E-state index contributed by atoms with van der Waals surface area (Å²) in [6, 6.07) is 6.11. The van der Waals surface area contributed by atoms with Crippen LogP contribution in [0.2, 0.25) is 0 Å². The van der Waals surface area contributed by atoms with Crippen LogP contribution in [0.4, 0.5) is 11.6 Å². The largest absolute Gasteiger partial charge is 0.373 e. The van der Waals surface area contributed by atoms with Crippen LogP contribution in [0, 0.1) is 0 Å².